The van der Waals surface area contributed by atoms with E-state index in [0.29, 0.717) is 17.0 Å². The van der Waals surface area contributed by atoms with Gasteiger partial charge in [-0.1, -0.05) is 6.07 Å². The summed E-state index contributed by atoms with van der Waals surface area (Å²) in [6.45, 7) is 0. The minimum Gasteiger partial charge on any atom is -0.445 e. The second kappa shape index (κ2) is 8.93. The van der Waals surface area contributed by atoms with Crippen molar-refractivity contribution in [1.82, 2.24) is 14.5 Å². The molecule has 1 aliphatic carbocycles. The van der Waals surface area contributed by atoms with E-state index in [-0.39, 0.29) is 30.3 Å². The van der Waals surface area contributed by atoms with Gasteiger partial charge in [-0.3, -0.25) is 9.36 Å². The highest BCUT2D eigenvalue weighted by molar-refractivity contribution is 5.85. The van der Waals surface area contributed by atoms with Crippen LogP contribution in [0.3, 0.4) is 0 Å². The fourth-order valence-corrected chi connectivity index (χ4v) is 3.45. The molecule has 0 spiro atoms. The highest BCUT2D eigenvalue weighted by Gasteiger charge is 2.20. The van der Waals surface area contributed by atoms with Gasteiger partial charge >= 0.3 is 0 Å². The van der Waals surface area contributed by atoms with E-state index in [1.54, 1.807) is 0 Å². The fraction of sp³-hybridized carbons (Fsp3) is 0.350. The average Bonchev–Trinajstić information content (AvgIpc) is 2.70. The molecule has 0 radical (unpaired) electrons. The number of hydrogen-bond donors (Lipinski definition) is 2. The molecule has 0 saturated heterocycles. The summed E-state index contributed by atoms with van der Waals surface area (Å²) in [6.07, 6.45) is 4.31. The summed E-state index contributed by atoms with van der Waals surface area (Å²) < 4.78 is 34.2. The van der Waals surface area contributed by atoms with Crippen LogP contribution in [0.15, 0.2) is 35.3 Å². The Balaban J connectivity index is 0.00000256. The number of aliphatic hydroxyl groups is 1. The highest BCUT2D eigenvalue weighted by atomic mass is 35.5. The molecule has 0 atom stereocenters. The number of pyridine rings is 1. The third-order valence-corrected chi connectivity index (χ3v) is 5.08. The van der Waals surface area contributed by atoms with Gasteiger partial charge < -0.3 is 15.2 Å². The van der Waals surface area contributed by atoms with Gasteiger partial charge in [0.1, 0.15) is 5.65 Å². The van der Waals surface area contributed by atoms with Crippen molar-refractivity contribution in [3.05, 3.63) is 52.5 Å². The van der Waals surface area contributed by atoms with E-state index in [4.69, 9.17) is 4.74 Å². The first-order chi connectivity index (χ1) is 13.9. The van der Waals surface area contributed by atoms with Crippen LogP contribution in [0.5, 0.6) is 11.5 Å². The first-order valence-corrected chi connectivity index (χ1v) is 9.35. The van der Waals surface area contributed by atoms with Crippen molar-refractivity contribution in [2.75, 3.05) is 5.32 Å². The van der Waals surface area contributed by atoms with Gasteiger partial charge in [-0.05, 0) is 43.9 Å². The molecule has 0 aliphatic heterocycles. The molecule has 3 aromatic rings. The molecule has 2 aromatic heterocycles. The Labute approximate surface area is 177 Å². The number of nitrogens with one attached hydrogen (secondary N) is 1. The van der Waals surface area contributed by atoms with Gasteiger partial charge in [-0.15, -0.1) is 12.4 Å². The Bertz CT molecular complexity index is 1100. The van der Waals surface area contributed by atoms with Crippen LogP contribution in [-0.2, 0) is 7.05 Å². The van der Waals surface area contributed by atoms with Crippen LogP contribution in [0.4, 0.5) is 14.7 Å². The summed E-state index contributed by atoms with van der Waals surface area (Å²) in [5.74, 6) is -2.29. The van der Waals surface area contributed by atoms with E-state index in [1.165, 1.54) is 29.9 Å². The fourth-order valence-electron chi connectivity index (χ4n) is 3.45. The molecule has 0 unspecified atom stereocenters. The molecular weight excluding hydrogens is 418 g/mol. The summed E-state index contributed by atoms with van der Waals surface area (Å²) in [4.78, 5) is 21.3. The predicted molar refractivity (Wildman–Crippen MR) is 110 cm³/mol. The van der Waals surface area contributed by atoms with Crippen LogP contribution in [0.1, 0.15) is 25.7 Å². The van der Waals surface area contributed by atoms with Crippen molar-refractivity contribution < 1.29 is 18.6 Å². The van der Waals surface area contributed by atoms with Gasteiger partial charge in [0.25, 0.3) is 5.56 Å². The zero-order chi connectivity index (χ0) is 20.5. The zero-order valence-electron chi connectivity index (χ0n) is 16.1. The zero-order valence-corrected chi connectivity index (χ0v) is 17.0. The van der Waals surface area contributed by atoms with Gasteiger partial charge in [0.05, 0.1) is 6.10 Å². The SMILES string of the molecule is Cl.Cn1c(=O)c(Oc2c(F)cccc2F)cc2cnc(NC3CCC(O)CC3)nc21. The van der Waals surface area contributed by atoms with Crippen LogP contribution in [0.2, 0.25) is 0 Å². The summed E-state index contributed by atoms with van der Waals surface area (Å²) in [7, 11) is 1.50. The maximum atomic E-state index is 13.9. The summed E-state index contributed by atoms with van der Waals surface area (Å²) in [6, 6.07) is 4.83. The molecular formula is C20H21ClF2N4O3. The quantitative estimate of drug-likeness (QED) is 0.647. The van der Waals surface area contributed by atoms with E-state index < -0.39 is 22.9 Å². The Morgan fingerprint density at radius 1 is 1.20 bits per heavy atom. The largest absolute Gasteiger partial charge is 0.445 e. The summed E-state index contributed by atoms with van der Waals surface area (Å²) >= 11 is 0. The number of benzene rings is 1. The number of halogens is 3. The second-order valence-corrected chi connectivity index (χ2v) is 7.15. The number of para-hydroxylation sites is 1. The Hall–Kier alpha value is -2.78. The third-order valence-electron chi connectivity index (χ3n) is 5.08. The first kappa shape index (κ1) is 21.9. The normalized spacial score (nSPS) is 18.7. The monoisotopic (exact) mass is 438 g/mol. The van der Waals surface area contributed by atoms with Crippen LogP contribution in [0.25, 0.3) is 11.0 Å². The van der Waals surface area contributed by atoms with Crippen LogP contribution < -0.4 is 15.6 Å². The summed E-state index contributed by atoms with van der Waals surface area (Å²) in [5, 5.41) is 13.3. The molecule has 1 saturated carbocycles. The number of nitrogens with zero attached hydrogens (tertiary/aromatic N) is 3. The predicted octanol–water partition coefficient (Wildman–Crippen LogP) is 3.54. The van der Waals surface area contributed by atoms with Crippen LogP contribution >= 0.6 is 12.4 Å². The standard InChI is InChI=1S/C20H20F2N4O3.ClH/c1-26-18-11(10-23-20(25-18)24-12-5-7-13(27)8-6-12)9-16(19(26)28)29-17-14(21)3-2-4-15(17)22;/h2-4,9-10,12-13,27H,5-8H2,1H3,(H,23,24,25);1H. The molecule has 0 amide bonds. The molecule has 160 valence electrons. The van der Waals surface area contributed by atoms with Gasteiger partial charge in [0.15, 0.2) is 23.1 Å². The lowest BCUT2D eigenvalue weighted by molar-refractivity contribution is 0.126. The summed E-state index contributed by atoms with van der Waals surface area (Å²) in [5.41, 5.74) is -0.213. The lowest BCUT2D eigenvalue weighted by Crippen LogP contribution is -2.29. The van der Waals surface area contributed by atoms with Gasteiger partial charge in [0.2, 0.25) is 5.95 Å². The molecule has 1 fully saturated rings. The minimum absolute atomic E-state index is 0. The number of aromatic nitrogens is 3. The number of fused-ring (bicyclic) bond motifs is 1. The molecule has 30 heavy (non-hydrogen) atoms. The second-order valence-electron chi connectivity index (χ2n) is 7.15. The van der Waals surface area contributed by atoms with E-state index in [1.807, 2.05) is 0 Å². The number of aliphatic hydroxyl groups excluding tert-OH is 1. The highest BCUT2D eigenvalue weighted by Crippen LogP contribution is 2.27. The van der Waals surface area contributed by atoms with Crippen molar-refractivity contribution in [1.29, 1.82) is 0 Å². The molecule has 1 aromatic carbocycles. The van der Waals surface area contributed by atoms with E-state index in [0.717, 1.165) is 37.8 Å². The molecule has 1 aliphatic rings. The maximum Gasteiger partial charge on any atom is 0.294 e. The maximum absolute atomic E-state index is 13.9. The molecule has 4 rings (SSSR count). The molecule has 0 bridgehead atoms. The average molecular weight is 439 g/mol. The van der Waals surface area contributed by atoms with Gasteiger partial charge in [-0.2, -0.15) is 4.98 Å². The molecule has 7 nitrogen and oxygen atoms in total. The Morgan fingerprint density at radius 2 is 1.87 bits per heavy atom. The van der Waals surface area contributed by atoms with Crippen molar-refractivity contribution in [2.45, 2.75) is 37.8 Å². The van der Waals surface area contributed by atoms with E-state index >= 15 is 0 Å². The van der Waals surface area contributed by atoms with Crippen molar-refractivity contribution in [3.63, 3.8) is 0 Å². The van der Waals surface area contributed by atoms with Crippen molar-refractivity contribution in [2.24, 2.45) is 7.05 Å². The first-order valence-electron chi connectivity index (χ1n) is 9.35. The van der Waals surface area contributed by atoms with Crippen LogP contribution in [0, 0.1) is 11.6 Å². The molecule has 2 N–H and O–H groups in total. The number of aryl methyl sites for hydroxylation is 1. The topological polar surface area (TPSA) is 89.3 Å². The van der Waals surface area contributed by atoms with Gasteiger partial charge in [-0.25, -0.2) is 13.8 Å². The minimum atomic E-state index is -0.902. The van der Waals surface area contributed by atoms with Crippen molar-refractivity contribution >= 4 is 29.4 Å². The van der Waals surface area contributed by atoms with E-state index in [9.17, 15) is 18.7 Å². The third kappa shape index (κ3) is 4.36. The van der Waals surface area contributed by atoms with E-state index in [2.05, 4.69) is 15.3 Å². The smallest absolute Gasteiger partial charge is 0.294 e. The van der Waals surface area contributed by atoms with Crippen LogP contribution in [-0.4, -0.2) is 31.8 Å². The number of ether oxygens (including phenoxy) is 1. The molecule has 10 heteroatoms. The lowest BCUT2D eigenvalue weighted by Gasteiger charge is -2.26. The number of hydrogen-bond acceptors (Lipinski definition) is 6. The molecule has 2 heterocycles. The number of anilines is 1. The Morgan fingerprint density at radius 3 is 2.53 bits per heavy atom. The number of rotatable bonds is 4. The lowest BCUT2D eigenvalue weighted by atomic mass is 9.93. The Kier molecular flexibility index (Phi) is 6.52. The van der Waals surface area contributed by atoms with Crippen molar-refractivity contribution in [3.8, 4) is 11.5 Å². The van der Waals surface area contributed by atoms with Gasteiger partial charge in [0, 0.05) is 24.7 Å².